The SMILES string of the molecule is CC(=O)NCCNC(=O)c1cn2cc(-c3cccnc3)nc(N3CCOCC3)c2n1. The van der Waals surface area contributed by atoms with Gasteiger partial charge in [0.25, 0.3) is 5.91 Å². The van der Waals surface area contributed by atoms with Gasteiger partial charge in [0.05, 0.1) is 18.9 Å². The Bertz CT molecular complexity index is 1050. The lowest BCUT2D eigenvalue weighted by Crippen LogP contribution is -2.37. The van der Waals surface area contributed by atoms with Crippen LogP contribution in [0.3, 0.4) is 0 Å². The van der Waals surface area contributed by atoms with Gasteiger partial charge in [-0.2, -0.15) is 0 Å². The van der Waals surface area contributed by atoms with Gasteiger partial charge in [0.2, 0.25) is 5.91 Å². The van der Waals surface area contributed by atoms with Gasteiger partial charge < -0.3 is 24.7 Å². The molecular formula is C20H23N7O3. The molecule has 2 amide bonds. The van der Waals surface area contributed by atoms with E-state index in [4.69, 9.17) is 9.72 Å². The summed E-state index contributed by atoms with van der Waals surface area (Å²) in [6, 6.07) is 3.80. The lowest BCUT2D eigenvalue weighted by atomic mass is 10.2. The topological polar surface area (TPSA) is 114 Å². The average Bonchev–Trinajstić information content (AvgIpc) is 3.21. The van der Waals surface area contributed by atoms with Crippen LogP contribution in [0.1, 0.15) is 17.4 Å². The van der Waals surface area contributed by atoms with Gasteiger partial charge in [-0.15, -0.1) is 0 Å². The Balaban J connectivity index is 1.66. The Morgan fingerprint density at radius 3 is 2.67 bits per heavy atom. The Kier molecular flexibility index (Phi) is 5.84. The molecule has 1 aliphatic heterocycles. The van der Waals surface area contributed by atoms with Crippen LogP contribution < -0.4 is 15.5 Å². The number of anilines is 1. The van der Waals surface area contributed by atoms with Crippen molar-refractivity contribution in [3.8, 4) is 11.3 Å². The molecule has 10 nitrogen and oxygen atoms in total. The number of carbonyl (C=O) groups excluding carboxylic acids is 2. The molecule has 0 saturated carbocycles. The molecule has 3 aromatic heterocycles. The molecule has 10 heteroatoms. The highest BCUT2D eigenvalue weighted by atomic mass is 16.5. The number of carbonyl (C=O) groups is 2. The van der Waals surface area contributed by atoms with Gasteiger partial charge in [0.15, 0.2) is 11.5 Å². The van der Waals surface area contributed by atoms with E-state index >= 15 is 0 Å². The van der Waals surface area contributed by atoms with Crippen LogP contribution in [0.25, 0.3) is 16.9 Å². The first-order chi connectivity index (χ1) is 14.6. The van der Waals surface area contributed by atoms with Crippen molar-refractivity contribution < 1.29 is 14.3 Å². The molecule has 0 bridgehead atoms. The predicted molar refractivity (Wildman–Crippen MR) is 110 cm³/mol. The molecule has 0 aliphatic carbocycles. The first-order valence-corrected chi connectivity index (χ1v) is 9.77. The number of pyridine rings is 1. The molecule has 4 rings (SSSR count). The lowest BCUT2D eigenvalue weighted by Gasteiger charge is -2.28. The summed E-state index contributed by atoms with van der Waals surface area (Å²) < 4.78 is 7.28. The van der Waals surface area contributed by atoms with Gasteiger partial charge in [-0.05, 0) is 12.1 Å². The number of ether oxygens (including phenoxy) is 1. The quantitative estimate of drug-likeness (QED) is 0.570. The molecule has 0 atom stereocenters. The highest BCUT2D eigenvalue weighted by molar-refractivity contribution is 5.93. The monoisotopic (exact) mass is 409 g/mol. The Hall–Kier alpha value is -3.53. The third kappa shape index (κ3) is 4.38. The molecular weight excluding hydrogens is 386 g/mol. The van der Waals surface area contributed by atoms with Gasteiger partial charge in [-0.25, -0.2) is 9.97 Å². The van der Waals surface area contributed by atoms with Crippen LogP contribution in [-0.4, -0.2) is 70.6 Å². The van der Waals surface area contributed by atoms with Crippen LogP contribution in [0.15, 0.2) is 36.9 Å². The van der Waals surface area contributed by atoms with Crippen LogP contribution in [0, 0.1) is 0 Å². The Labute approximate surface area is 173 Å². The van der Waals surface area contributed by atoms with E-state index < -0.39 is 0 Å². The fraction of sp³-hybridized carbons (Fsp3) is 0.350. The van der Waals surface area contributed by atoms with E-state index in [1.165, 1.54) is 6.92 Å². The Morgan fingerprint density at radius 2 is 1.93 bits per heavy atom. The smallest absolute Gasteiger partial charge is 0.271 e. The maximum Gasteiger partial charge on any atom is 0.271 e. The largest absolute Gasteiger partial charge is 0.378 e. The third-order valence-electron chi connectivity index (χ3n) is 4.71. The maximum atomic E-state index is 12.5. The summed E-state index contributed by atoms with van der Waals surface area (Å²) in [4.78, 5) is 39.1. The van der Waals surface area contributed by atoms with Crippen LogP contribution in [0.4, 0.5) is 5.82 Å². The number of nitrogens with one attached hydrogen (secondary N) is 2. The van der Waals surface area contributed by atoms with Gasteiger partial charge in [0, 0.05) is 63.5 Å². The van der Waals surface area contributed by atoms with Gasteiger partial charge in [-0.3, -0.25) is 14.6 Å². The molecule has 0 aromatic carbocycles. The summed E-state index contributed by atoms with van der Waals surface area (Å²) in [5.41, 5.74) is 2.52. The van der Waals surface area contributed by atoms with Crippen LogP contribution >= 0.6 is 0 Å². The second-order valence-corrected chi connectivity index (χ2v) is 6.89. The van der Waals surface area contributed by atoms with Crippen LogP contribution in [-0.2, 0) is 9.53 Å². The molecule has 1 fully saturated rings. The third-order valence-corrected chi connectivity index (χ3v) is 4.71. The first kappa shape index (κ1) is 19.8. The van der Waals surface area contributed by atoms with Crippen molar-refractivity contribution in [2.24, 2.45) is 0 Å². The van der Waals surface area contributed by atoms with E-state index in [1.54, 1.807) is 18.6 Å². The number of rotatable bonds is 6. The van der Waals surface area contributed by atoms with E-state index in [9.17, 15) is 9.59 Å². The molecule has 2 N–H and O–H groups in total. The van der Waals surface area contributed by atoms with Crippen molar-refractivity contribution in [1.29, 1.82) is 0 Å². The van der Waals surface area contributed by atoms with Gasteiger partial charge in [-0.1, -0.05) is 0 Å². The molecule has 4 heterocycles. The van der Waals surface area contributed by atoms with Crippen molar-refractivity contribution in [2.45, 2.75) is 6.92 Å². The summed E-state index contributed by atoms with van der Waals surface area (Å²) in [6.45, 7) is 4.74. The van der Waals surface area contributed by atoms with Crippen LogP contribution in [0.2, 0.25) is 0 Å². The summed E-state index contributed by atoms with van der Waals surface area (Å²) >= 11 is 0. The normalized spacial score (nSPS) is 14.0. The molecule has 1 aliphatic rings. The second-order valence-electron chi connectivity index (χ2n) is 6.89. The zero-order chi connectivity index (χ0) is 20.9. The summed E-state index contributed by atoms with van der Waals surface area (Å²) in [5, 5.41) is 5.41. The minimum atomic E-state index is -0.306. The lowest BCUT2D eigenvalue weighted by molar-refractivity contribution is -0.118. The van der Waals surface area contributed by atoms with E-state index in [1.807, 2.05) is 22.7 Å². The minimum Gasteiger partial charge on any atom is -0.378 e. The molecule has 156 valence electrons. The maximum absolute atomic E-state index is 12.5. The number of amides is 2. The number of hydrogen-bond donors (Lipinski definition) is 2. The van der Waals surface area contributed by atoms with E-state index in [2.05, 4.69) is 25.5 Å². The number of aromatic nitrogens is 4. The number of fused-ring (bicyclic) bond motifs is 1. The molecule has 30 heavy (non-hydrogen) atoms. The second kappa shape index (κ2) is 8.87. The number of morpholine rings is 1. The molecule has 3 aromatic rings. The molecule has 0 unspecified atom stereocenters. The van der Waals surface area contributed by atoms with Crippen molar-refractivity contribution >= 4 is 23.3 Å². The van der Waals surface area contributed by atoms with E-state index in [0.29, 0.717) is 50.9 Å². The summed E-state index contributed by atoms with van der Waals surface area (Å²) in [6.07, 6.45) is 7.00. The van der Waals surface area contributed by atoms with E-state index in [0.717, 1.165) is 11.3 Å². The highest BCUT2D eigenvalue weighted by Gasteiger charge is 2.21. The number of hydrogen-bond acceptors (Lipinski definition) is 7. The Morgan fingerprint density at radius 1 is 1.13 bits per heavy atom. The van der Waals surface area contributed by atoms with Gasteiger partial charge >= 0.3 is 0 Å². The fourth-order valence-electron chi connectivity index (χ4n) is 3.24. The summed E-state index contributed by atoms with van der Waals surface area (Å²) in [7, 11) is 0. The zero-order valence-electron chi connectivity index (χ0n) is 16.7. The van der Waals surface area contributed by atoms with Crippen LogP contribution in [0.5, 0.6) is 0 Å². The zero-order valence-corrected chi connectivity index (χ0v) is 16.7. The number of imidazole rings is 1. The highest BCUT2D eigenvalue weighted by Crippen LogP contribution is 2.25. The summed E-state index contributed by atoms with van der Waals surface area (Å²) in [5.74, 6) is 0.262. The number of nitrogens with zero attached hydrogens (tertiary/aromatic N) is 5. The fourth-order valence-corrected chi connectivity index (χ4v) is 3.24. The van der Waals surface area contributed by atoms with Crippen molar-refractivity contribution in [2.75, 3.05) is 44.3 Å². The standard InChI is InChI=1S/C20H23N7O3/c1-14(28)22-5-6-23-20(29)17-13-27-12-16(15-3-2-4-21-11-15)24-18(19(27)25-17)26-7-9-30-10-8-26/h2-4,11-13H,5-10H2,1H3,(H,22,28)(H,23,29). The van der Waals surface area contributed by atoms with Crippen molar-refractivity contribution in [3.63, 3.8) is 0 Å². The van der Waals surface area contributed by atoms with Crippen molar-refractivity contribution in [3.05, 3.63) is 42.6 Å². The molecule has 0 spiro atoms. The first-order valence-electron chi connectivity index (χ1n) is 9.77. The van der Waals surface area contributed by atoms with Gasteiger partial charge in [0.1, 0.15) is 5.69 Å². The molecule has 0 radical (unpaired) electrons. The van der Waals surface area contributed by atoms with E-state index in [-0.39, 0.29) is 17.5 Å². The average molecular weight is 409 g/mol. The predicted octanol–water partition coefficient (Wildman–Crippen LogP) is 0.494. The minimum absolute atomic E-state index is 0.138. The molecule has 1 saturated heterocycles. The van der Waals surface area contributed by atoms with Crippen molar-refractivity contribution in [1.82, 2.24) is 30.0 Å².